The van der Waals surface area contributed by atoms with Gasteiger partial charge in [0, 0.05) is 5.56 Å². The lowest BCUT2D eigenvalue weighted by molar-refractivity contribution is 0.213. The zero-order valence-corrected chi connectivity index (χ0v) is 10.1. The molecule has 0 bridgehead atoms. The number of benzene rings is 2. The first-order valence-electron chi connectivity index (χ1n) is 5.88. The minimum Gasteiger partial charge on any atom is -0.489 e. The molecule has 0 fully saturated rings. The number of hydrogen-bond acceptors (Lipinski definition) is 2. The monoisotopic (exact) mass is 240 g/mol. The molecule has 0 saturated heterocycles. The maximum absolute atomic E-state index is 10.4. The fourth-order valence-electron chi connectivity index (χ4n) is 1.80. The molecule has 2 aromatic rings. The Labute approximate surface area is 107 Å². The van der Waals surface area contributed by atoms with Gasteiger partial charge >= 0.3 is 0 Å². The van der Waals surface area contributed by atoms with E-state index in [-0.39, 0.29) is 0 Å². The standard InChI is InChI=1S/C16H16O2/c1-2-12-18-15-11-7-6-10-14(15)16(17)13-8-4-3-5-9-13/h2-11,16-17H,1,12H2. The molecule has 0 aliphatic carbocycles. The Morgan fingerprint density at radius 1 is 1.06 bits per heavy atom. The van der Waals surface area contributed by atoms with Crippen LogP contribution in [0.3, 0.4) is 0 Å². The lowest BCUT2D eigenvalue weighted by Gasteiger charge is -2.15. The van der Waals surface area contributed by atoms with E-state index < -0.39 is 6.10 Å². The molecule has 0 aliphatic heterocycles. The quantitative estimate of drug-likeness (QED) is 0.812. The second kappa shape index (κ2) is 6.03. The minimum absolute atomic E-state index is 0.429. The highest BCUT2D eigenvalue weighted by atomic mass is 16.5. The van der Waals surface area contributed by atoms with Crippen molar-refractivity contribution >= 4 is 0 Å². The average molecular weight is 240 g/mol. The Balaban J connectivity index is 2.29. The van der Waals surface area contributed by atoms with Gasteiger partial charge < -0.3 is 9.84 Å². The number of para-hydroxylation sites is 1. The van der Waals surface area contributed by atoms with Gasteiger partial charge in [-0.1, -0.05) is 61.2 Å². The Bertz CT molecular complexity index is 506. The van der Waals surface area contributed by atoms with Crippen molar-refractivity contribution < 1.29 is 9.84 Å². The van der Waals surface area contributed by atoms with Crippen molar-refractivity contribution in [3.63, 3.8) is 0 Å². The molecular formula is C16H16O2. The molecule has 1 atom stereocenters. The summed E-state index contributed by atoms with van der Waals surface area (Å²) in [6.45, 7) is 4.05. The molecule has 0 aromatic heterocycles. The van der Waals surface area contributed by atoms with E-state index in [0.717, 1.165) is 11.1 Å². The maximum Gasteiger partial charge on any atom is 0.125 e. The van der Waals surface area contributed by atoms with E-state index in [1.807, 2.05) is 54.6 Å². The summed E-state index contributed by atoms with van der Waals surface area (Å²) in [4.78, 5) is 0. The molecule has 2 nitrogen and oxygen atoms in total. The molecule has 2 aromatic carbocycles. The van der Waals surface area contributed by atoms with E-state index >= 15 is 0 Å². The lowest BCUT2D eigenvalue weighted by Crippen LogP contribution is -2.04. The number of hydrogen-bond donors (Lipinski definition) is 1. The summed E-state index contributed by atoms with van der Waals surface area (Å²) in [6, 6.07) is 17.0. The summed E-state index contributed by atoms with van der Waals surface area (Å²) >= 11 is 0. The zero-order valence-electron chi connectivity index (χ0n) is 10.1. The second-order valence-corrected chi connectivity index (χ2v) is 3.95. The van der Waals surface area contributed by atoms with Gasteiger partial charge in [-0.2, -0.15) is 0 Å². The predicted molar refractivity (Wildman–Crippen MR) is 72.6 cm³/mol. The van der Waals surface area contributed by atoms with Crippen molar-refractivity contribution in [3.05, 3.63) is 78.4 Å². The van der Waals surface area contributed by atoms with Crippen LogP contribution in [0, 0.1) is 0 Å². The molecule has 0 heterocycles. The number of aliphatic hydroxyl groups excluding tert-OH is 1. The van der Waals surface area contributed by atoms with Crippen LogP contribution in [0.4, 0.5) is 0 Å². The van der Waals surface area contributed by atoms with Gasteiger partial charge in [0.05, 0.1) is 0 Å². The summed E-state index contributed by atoms with van der Waals surface area (Å²) < 4.78 is 5.55. The summed E-state index contributed by atoms with van der Waals surface area (Å²) in [6.07, 6.45) is 1.01. The van der Waals surface area contributed by atoms with Crippen LogP contribution in [0.1, 0.15) is 17.2 Å². The number of ether oxygens (including phenoxy) is 1. The van der Waals surface area contributed by atoms with Gasteiger partial charge in [0.25, 0.3) is 0 Å². The van der Waals surface area contributed by atoms with Crippen molar-refractivity contribution in [1.82, 2.24) is 0 Å². The van der Waals surface area contributed by atoms with Crippen molar-refractivity contribution in [2.75, 3.05) is 6.61 Å². The van der Waals surface area contributed by atoms with Crippen molar-refractivity contribution in [1.29, 1.82) is 0 Å². The molecule has 92 valence electrons. The molecule has 0 aliphatic rings. The van der Waals surface area contributed by atoms with Crippen molar-refractivity contribution in [2.45, 2.75) is 6.10 Å². The van der Waals surface area contributed by atoms with Crippen LogP contribution in [0.25, 0.3) is 0 Å². The van der Waals surface area contributed by atoms with E-state index in [1.165, 1.54) is 0 Å². The van der Waals surface area contributed by atoms with E-state index in [4.69, 9.17) is 4.74 Å². The summed E-state index contributed by atoms with van der Waals surface area (Å²) in [5, 5.41) is 10.4. The first-order valence-corrected chi connectivity index (χ1v) is 5.88. The topological polar surface area (TPSA) is 29.5 Å². The van der Waals surface area contributed by atoms with Crippen molar-refractivity contribution in [2.24, 2.45) is 0 Å². The molecule has 2 heteroatoms. The lowest BCUT2D eigenvalue weighted by atomic mass is 10.0. The molecule has 0 radical (unpaired) electrons. The van der Waals surface area contributed by atoms with E-state index in [9.17, 15) is 5.11 Å². The number of aliphatic hydroxyl groups is 1. The first-order chi connectivity index (χ1) is 8.83. The van der Waals surface area contributed by atoms with Crippen LogP contribution < -0.4 is 4.74 Å². The van der Waals surface area contributed by atoms with Crippen LogP contribution >= 0.6 is 0 Å². The molecule has 1 N–H and O–H groups in total. The fourth-order valence-corrected chi connectivity index (χ4v) is 1.80. The van der Waals surface area contributed by atoms with E-state index in [0.29, 0.717) is 12.4 Å². The second-order valence-electron chi connectivity index (χ2n) is 3.95. The van der Waals surface area contributed by atoms with Gasteiger partial charge in [-0.3, -0.25) is 0 Å². The zero-order chi connectivity index (χ0) is 12.8. The van der Waals surface area contributed by atoms with Gasteiger partial charge in [-0.05, 0) is 11.6 Å². The third-order valence-electron chi connectivity index (χ3n) is 2.69. The Hall–Kier alpha value is -2.06. The average Bonchev–Trinajstić information content (AvgIpc) is 2.45. The first kappa shape index (κ1) is 12.4. The van der Waals surface area contributed by atoms with Gasteiger partial charge in [0.1, 0.15) is 18.5 Å². The maximum atomic E-state index is 10.4. The normalized spacial score (nSPS) is 11.8. The summed E-state index contributed by atoms with van der Waals surface area (Å²) in [5.41, 5.74) is 1.62. The summed E-state index contributed by atoms with van der Waals surface area (Å²) in [7, 11) is 0. The van der Waals surface area contributed by atoms with Crippen molar-refractivity contribution in [3.8, 4) is 5.75 Å². The third-order valence-corrected chi connectivity index (χ3v) is 2.69. The molecular weight excluding hydrogens is 224 g/mol. The van der Waals surface area contributed by atoms with Crippen LogP contribution in [0.5, 0.6) is 5.75 Å². The SMILES string of the molecule is C=CCOc1ccccc1C(O)c1ccccc1. The largest absolute Gasteiger partial charge is 0.489 e. The highest BCUT2D eigenvalue weighted by molar-refractivity contribution is 5.40. The summed E-state index contributed by atoms with van der Waals surface area (Å²) in [5.74, 6) is 0.689. The smallest absolute Gasteiger partial charge is 0.125 e. The molecule has 2 rings (SSSR count). The minimum atomic E-state index is -0.674. The molecule has 0 amide bonds. The van der Waals surface area contributed by atoms with Crippen LogP contribution in [0.15, 0.2) is 67.3 Å². The van der Waals surface area contributed by atoms with E-state index in [2.05, 4.69) is 6.58 Å². The fraction of sp³-hybridized carbons (Fsp3) is 0.125. The Morgan fingerprint density at radius 2 is 1.72 bits per heavy atom. The third kappa shape index (κ3) is 2.79. The molecule has 0 spiro atoms. The Kier molecular flexibility index (Phi) is 4.15. The predicted octanol–water partition coefficient (Wildman–Crippen LogP) is 3.33. The van der Waals surface area contributed by atoms with Gasteiger partial charge in [-0.15, -0.1) is 0 Å². The molecule has 0 saturated carbocycles. The molecule has 18 heavy (non-hydrogen) atoms. The number of rotatable bonds is 5. The van der Waals surface area contributed by atoms with Gasteiger partial charge in [0.15, 0.2) is 0 Å². The van der Waals surface area contributed by atoms with Crippen LogP contribution in [-0.4, -0.2) is 11.7 Å². The highest BCUT2D eigenvalue weighted by Crippen LogP contribution is 2.29. The van der Waals surface area contributed by atoms with Crippen LogP contribution in [-0.2, 0) is 0 Å². The van der Waals surface area contributed by atoms with Gasteiger partial charge in [-0.25, -0.2) is 0 Å². The molecule has 1 unspecified atom stereocenters. The van der Waals surface area contributed by atoms with Gasteiger partial charge in [0.2, 0.25) is 0 Å². The van der Waals surface area contributed by atoms with Crippen LogP contribution in [0.2, 0.25) is 0 Å². The highest BCUT2D eigenvalue weighted by Gasteiger charge is 2.14. The van der Waals surface area contributed by atoms with E-state index in [1.54, 1.807) is 6.08 Å². The Morgan fingerprint density at radius 3 is 2.44 bits per heavy atom.